The first-order valence-electron chi connectivity index (χ1n) is 5.54. The third kappa shape index (κ3) is 3.07. The largest absolute Gasteiger partial charge is 0.444 e. The molecule has 1 aliphatic rings. The van der Waals surface area contributed by atoms with Crippen molar-refractivity contribution in [3.05, 3.63) is 14.5 Å². The minimum Gasteiger partial charge on any atom is -0.444 e. The second kappa shape index (κ2) is 4.42. The van der Waals surface area contributed by atoms with E-state index in [0.717, 1.165) is 15.3 Å². The summed E-state index contributed by atoms with van der Waals surface area (Å²) in [6, 6.07) is 0. The highest BCUT2D eigenvalue weighted by Gasteiger charge is 2.26. The van der Waals surface area contributed by atoms with Crippen molar-refractivity contribution in [2.45, 2.75) is 39.3 Å². The molecule has 0 saturated carbocycles. The lowest BCUT2D eigenvalue weighted by atomic mass is 10.2. The van der Waals surface area contributed by atoms with Gasteiger partial charge in [0.1, 0.15) is 5.60 Å². The highest BCUT2D eigenvalue weighted by Crippen LogP contribution is 2.24. The fraction of sp³-hybridized carbons (Fsp3) is 0.636. The highest BCUT2D eigenvalue weighted by atomic mass is 32.1. The summed E-state index contributed by atoms with van der Waals surface area (Å²) in [5.74, 6) is 0. The van der Waals surface area contributed by atoms with Crippen LogP contribution in [-0.4, -0.2) is 28.1 Å². The van der Waals surface area contributed by atoms with E-state index in [9.17, 15) is 4.79 Å². The van der Waals surface area contributed by atoms with E-state index in [-0.39, 0.29) is 6.09 Å². The predicted molar refractivity (Wildman–Crippen MR) is 69.9 cm³/mol. The van der Waals surface area contributed by atoms with Crippen LogP contribution in [0, 0.1) is 3.95 Å². The van der Waals surface area contributed by atoms with Crippen molar-refractivity contribution >= 4 is 29.6 Å². The van der Waals surface area contributed by atoms with Crippen molar-refractivity contribution in [3.8, 4) is 0 Å². The SMILES string of the molecule is CC(C)(C)OC(=O)N1CCc2[nH]c(=S)sc2C1. The summed E-state index contributed by atoms with van der Waals surface area (Å²) in [6.45, 7) is 6.91. The maximum Gasteiger partial charge on any atom is 0.410 e. The number of H-pyrrole nitrogens is 1. The van der Waals surface area contributed by atoms with Crippen LogP contribution in [0.4, 0.5) is 4.79 Å². The zero-order valence-electron chi connectivity index (χ0n) is 10.2. The molecule has 17 heavy (non-hydrogen) atoms. The number of hydrogen-bond donors (Lipinski definition) is 1. The maximum absolute atomic E-state index is 11.9. The van der Waals surface area contributed by atoms with E-state index < -0.39 is 5.60 Å². The number of rotatable bonds is 0. The molecule has 1 aromatic heterocycles. The molecule has 0 unspecified atom stereocenters. The van der Waals surface area contributed by atoms with Crippen LogP contribution in [0.5, 0.6) is 0 Å². The van der Waals surface area contributed by atoms with Crippen LogP contribution in [0.25, 0.3) is 0 Å². The van der Waals surface area contributed by atoms with Crippen LogP contribution < -0.4 is 0 Å². The van der Waals surface area contributed by atoms with Crippen LogP contribution >= 0.6 is 23.6 Å². The molecule has 1 aliphatic heterocycles. The van der Waals surface area contributed by atoms with Gasteiger partial charge < -0.3 is 14.6 Å². The van der Waals surface area contributed by atoms with Crippen LogP contribution in [0.15, 0.2) is 0 Å². The third-order valence-electron chi connectivity index (χ3n) is 2.42. The van der Waals surface area contributed by atoms with E-state index in [1.807, 2.05) is 20.8 Å². The van der Waals surface area contributed by atoms with Gasteiger partial charge in [0.15, 0.2) is 3.95 Å². The molecule has 4 nitrogen and oxygen atoms in total. The van der Waals surface area contributed by atoms with Gasteiger partial charge in [-0.15, -0.1) is 11.3 Å². The average Bonchev–Trinajstić information content (AvgIpc) is 2.53. The van der Waals surface area contributed by atoms with Gasteiger partial charge in [-0.25, -0.2) is 4.79 Å². The van der Waals surface area contributed by atoms with Gasteiger partial charge >= 0.3 is 6.09 Å². The zero-order valence-corrected chi connectivity index (χ0v) is 11.8. The van der Waals surface area contributed by atoms with Crippen molar-refractivity contribution in [2.24, 2.45) is 0 Å². The number of nitrogens with one attached hydrogen (secondary N) is 1. The molecular formula is C11H16N2O2S2. The second-order valence-electron chi connectivity index (χ2n) is 5.07. The fourth-order valence-electron chi connectivity index (χ4n) is 1.70. The van der Waals surface area contributed by atoms with Gasteiger partial charge in [-0.1, -0.05) is 0 Å². The van der Waals surface area contributed by atoms with E-state index >= 15 is 0 Å². The number of amides is 1. The first kappa shape index (κ1) is 12.6. The predicted octanol–water partition coefficient (Wildman–Crippen LogP) is 3.10. The quantitative estimate of drug-likeness (QED) is 0.738. The average molecular weight is 272 g/mol. The molecule has 0 spiro atoms. The van der Waals surface area contributed by atoms with Crippen molar-refractivity contribution in [1.82, 2.24) is 9.88 Å². The molecule has 0 aromatic carbocycles. The molecule has 0 bridgehead atoms. The summed E-state index contributed by atoms with van der Waals surface area (Å²) in [5, 5.41) is 0. The number of thiazole rings is 1. The lowest BCUT2D eigenvalue weighted by Crippen LogP contribution is -2.39. The molecule has 6 heteroatoms. The Morgan fingerprint density at radius 2 is 2.24 bits per heavy atom. The summed E-state index contributed by atoms with van der Waals surface area (Å²) in [4.78, 5) is 17.9. The normalized spacial score (nSPS) is 15.6. The van der Waals surface area contributed by atoms with Crippen LogP contribution in [0.2, 0.25) is 0 Å². The molecule has 0 fully saturated rings. The van der Waals surface area contributed by atoms with Crippen LogP contribution in [-0.2, 0) is 17.7 Å². The molecule has 0 radical (unpaired) electrons. The molecule has 0 atom stereocenters. The number of ether oxygens (including phenoxy) is 1. The van der Waals surface area contributed by atoms with Gasteiger partial charge in [-0.2, -0.15) is 0 Å². The number of aromatic amines is 1. The third-order valence-corrected chi connectivity index (χ3v) is 3.68. The maximum atomic E-state index is 11.9. The summed E-state index contributed by atoms with van der Waals surface area (Å²) in [7, 11) is 0. The fourth-order valence-corrected chi connectivity index (χ4v) is 3.02. The van der Waals surface area contributed by atoms with Crippen molar-refractivity contribution < 1.29 is 9.53 Å². The first-order valence-corrected chi connectivity index (χ1v) is 6.76. The summed E-state index contributed by atoms with van der Waals surface area (Å²) in [6.07, 6.45) is 0.573. The van der Waals surface area contributed by atoms with Crippen LogP contribution in [0.1, 0.15) is 31.3 Å². The summed E-state index contributed by atoms with van der Waals surface area (Å²) >= 11 is 6.64. The van der Waals surface area contributed by atoms with E-state index in [1.165, 1.54) is 17.0 Å². The smallest absolute Gasteiger partial charge is 0.410 e. The molecule has 2 heterocycles. The minimum absolute atomic E-state index is 0.248. The van der Waals surface area contributed by atoms with E-state index in [1.54, 1.807) is 4.90 Å². The van der Waals surface area contributed by atoms with Crippen molar-refractivity contribution in [2.75, 3.05) is 6.54 Å². The Morgan fingerprint density at radius 3 is 2.88 bits per heavy atom. The molecule has 0 aliphatic carbocycles. The molecule has 1 N–H and O–H groups in total. The van der Waals surface area contributed by atoms with Gasteiger partial charge in [0.25, 0.3) is 0 Å². The van der Waals surface area contributed by atoms with E-state index in [4.69, 9.17) is 17.0 Å². The zero-order chi connectivity index (χ0) is 12.6. The Balaban J connectivity index is 2.07. The van der Waals surface area contributed by atoms with Crippen molar-refractivity contribution in [1.29, 1.82) is 0 Å². The minimum atomic E-state index is -0.442. The monoisotopic (exact) mass is 272 g/mol. The van der Waals surface area contributed by atoms with Gasteiger partial charge in [0.2, 0.25) is 0 Å². The summed E-state index contributed by atoms with van der Waals surface area (Å²) in [5.41, 5.74) is 0.724. The van der Waals surface area contributed by atoms with Gasteiger partial charge in [0.05, 0.1) is 6.54 Å². The Kier molecular flexibility index (Phi) is 3.27. The molecule has 1 amide bonds. The number of hydrogen-bond acceptors (Lipinski definition) is 4. The molecule has 94 valence electrons. The van der Waals surface area contributed by atoms with E-state index in [2.05, 4.69) is 4.98 Å². The number of carbonyl (C=O) groups is 1. The highest BCUT2D eigenvalue weighted by molar-refractivity contribution is 7.73. The second-order valence-corrected chi connectivity index (χ2v) is 6.84. The Labute approximate surface area is 110 Å². The number of nitrogens with zero attached hydrogens (tertiary/aromatic N) is 1. The standard InChI is InChI=1S/C11H16N2O2S2/c1-11(2,3)15-10(14)13-5-4-7-8(6-13)17-9(16)12-7/h4-6H2,1-3H3,(H,12,16). The lowest BCUT2D eigenvalue weighted by molar-refractivity contribution is 0.0225. The summed E-state index contributed by atoms with van der Waals surface area (Å²) < 4.78 is 6.13. The lowest BCUT2D eigenvalue weighted by Gasteiger charge is -2.29. The Bertz CT molecular complexity index is 484. The molecule has 2 rings (SSSR count). The van der Waals surface area contributed by atoms with Crippen LogP contribution in [0.3, 0.4) is 0 Å². The number of carbonyl (C=O) groups excluding carboxylic acids is 1. The van der Waals surface area contributed by atoms with Gasteiger partial charge in [-0.05, 0) is 33.0 Å². The molecular weight excluding hydrogens is 256 g/mol. The number of fused-ring (bicyclic) bond motifs is 1. The van der Waals surface area contributed by atoms with E-state index in [0.29, 0.717) is 13.1 Å². The van der Waals surface area contributed by atoms with Gasteiger partial charge in [0, 0.05) is 23.5 Å². The first-order chi connectivity index (χ1) is 7.85. The Morgan fingerprint density at radius 1 is 1.53 bits per heavy atom. The number of aromatic nitrogens is 1. The molecule has 0 saturated heterocycles. The topological polar surface area (TPSA) is 45.3 Å². The van der Waals surface area contributed by atoms with Crippen molar-refractivity contribution in [3.63, 3.8) is 0 Å². The molecule has 1 aromatic rings. The Hall–Kier alpha value is -0.880. The van der Waals surface area contributed by atoms with Gasteiger partial charge in [-0.3, -0.25) is 0 Å².